The largest absolute Gasteiger partial charge is 0.498 e. The molecule has 2 unspecified atom stereocenters. The summed E-state index contributed by atoms with van der Waals surface area (Å²) in [6.45, 7) is 8.43. The fourth-order valence-electron chi connectivity index (χ4n) is 4.29. The van der Waals surface area contributed by atoms with Crippen molar-refractivity contribution in [1.82, 2.24) is 0 Å². The van der Waals surface area contributed by atoms with Crippen LogP contribution in [-0.4, -0.2) is 23.1 Å². The molecule has 21 heavy (non-hydrogen) atoms. The third kappa shape index (κ3) is 2.65. The highest BCUT2D eigenvalue weighted by Crippen LogP contribution is 2.50. The molecule has 4 fully saturated rings. The maximum Gasteiger partial charge on any atom is 0.193 e. The Hall–Kier alpha value is -0.830. The molecule has 3 heteroatoms. The van der Waals surface area contributed by atoms with Crippen molar-refractivity contribution in [2.45, 2.75) is 83.5 Å². The fraction of sp³-hybridized carbons (Fsp3) is 0.833. The number of hydrogen-bond donors (Lipinski definition) is 0. The highest BCUT2D eigenvalue weighted by Gasteiger charge is 2.56. The average molecular weight is 292 g/mol. The van der Waals surface area contributed by atoms with Gasteiger partial charge in [-0.25, -0.2) is 0 Å². The number of ether oxygens (including phenoxy) is 2. The maximum absolute atomic E-state index is 12.6. The SMILES string of the molecule is CC1CCC(O/C=C2\C(=O)C3(C)CCC2C(C)(C)O3)CC1. The third-order valence-corrected chi connectivity index (χ3v) is 5.71. The summed E-state index contributed by atoms with van der Waals surface area (Å²) < 4.78 is 12.1. The number of carbonyl (C=O) groups is 1. The minimum Gasteiger partial charge on any atom is -0.498 e. The van der Waals surface area contributed by atoms with Gasteiger partial charge in [0.2, 0.25) is 0 Å². The molecule has 2 aliphatic heterocycles. The Kier molecular flexibility index (Phi) is 3.67. The molecule has 3 nitrogen and oxygen atoms in total. The molecule has 2 saturated carbocycles. The smallest absolute Gasteiger partial charge is 0.193 e. The molecule has 2 atom stereocenters. The summed E-state index contributed by atoms with van der Waals surface area (Å²) in [6.07, 6.45) is 8.62. The zero-order valence-electron chi connectivity index (χ0n) is 13.8. The second-order valence-electron chi connectivity index (χ2n) is 7.95. The zero-order chi connectivity index (χ0) is 15.3. The van der Waals surface area contributed by atoms with E-state index < -0.39 is 5.60 Å². The molecule has 118 valence electrons. The van der Waals surface area contributed by atoms with Gasteiger partial charge in [-0.05, 0) is 65.2 Å². The Morgan fingerprint density at radius 1 is 1.14 bits per heavy atom. The van der Waals surface area contributed by atoms with Gasteiger partial charge in [0.15, 0.2) is 5.78 Å². The van der Waals surface area contributed by atoms with Crippen LogP contribution in [0.1, 0.15) is 66.2 Å². The van der Waals surface area contributed by atoms with E-state index in [2.05, 4.69) is 20.8 Å². The van der Waals surface area contributed by atoms with Gasteiger partial charge < -0.3 is 9.47 Å². The van der Waals surface area contributed by atoms with Crippen LogP contribution in [0.3, 0.4) is 0 Å². The van der Waals surface area contributed by atoms with E-state index in [-0.39, 0.29) is 17.3 Å². The van der Waals surface area contributed by atoms with E-state index in [0.717, 1.165) is 37.2 Å². The van der Waals surface area contributed by atoms with Crippen molar-refractivity contribution < 1.29 is 14.3 Å². The summed E-state index contributed by atoms with van der Waals surface area (Å²) in [5, 5.41) is 0. The van der Waals surface area contributed by atoms with E-state index in [1.807, 2.05) is 6.92 Å². The second kappa shape index (κ2) is 5.12. The molecule has 0 N–H and O–H groups in total. The van der Waals surface area contributed by atoms with Gasteiger partial charge in [0, 0.05) is 11.5 Å². The number of Topliss-reactive ketones (excluding diaryl/α,β-unsaturated/α-hetero) is 1. The first-order valence-electron chi connectivity index (χ1n) is 8.42. The first-order chi connectivity index (χ1) is 9.82. The lowest BCUT2D eigenvalue weighted by atomic mass is 9.65. The van der Waals surface area contributed by atoms with Crippen molar-refractivity contribution in [3.63, 3.8) is 0 Å². The van der Waals surface area contributed by atoms with Crippen molar-refractivity contribution >= 4 is 5.78 Å². The van der Waals surface area contributed by atoms with Crippen LogP contribution in [0, 0.1) is 11.8 Å². The number of ketones is 1. The molecule has 2 heterocycles. The van der Waals surface area contributed by atoms with Crippen LogP contribution < -0.4 is 0 Å². The lowest BCUT2D eigenvalue weighted by molar-refractivity contribution is -0.207. The Morgan fingerprint density at radius 2 is 1.81 bits per heavy atom. The van der Waals surface area contributed by atoms with E-state index in [9.17, 15) is 4.79 Å². The molecule has 4 rings (SSSR count). The molecular weight excluding hydrogens is 264 g/mol. The first kappa shape index (κ1) is 15.1. The number of hydrogen-bond acceptors (Lipinski definition) is 3. The molecular formula is C18H28O3. The first-order valence-corrected chi connectivity index (χ1v) is 8.42. The van der Waals surface area contributed by atoms with Crippen LogP contribution in [0.15, 0.2) is 11.8 Å². The Morgan fingerprint density at radius 3 is 2.43 bits per heavy atom. The van der Waals surface area contributed by atoms with Crippen molar-refractivity contribution in [1.29, 1.82) is 0 Å². The molecule has 4 aliphatic rings. The van der Waals surface area contributed by atoms with Crippen LogP contribution in [0.25, 0.3) is 0 Å². The zero-order valence-corrected chi connectivity index (χ0v) is 13.8. The molecule has 2 aliphatic carbocycles. The molecule has 0 amide bonds. The van der Waals surface area contributed by atoms with Gasteiger partial charge in [0.1, 0.15) is 5.60 Å². The van der Waals surface area contributed by atoms with Gasteiger partial charge in [-0.1, -0.05) is 6.92 Å². The predicted molar refractivity (Wildman–Crippen MR) is 81.9 cm³/mol. The monoisotopic (exact) mass is 292 g/mol. The lowest BCUT2D eigenvalue weighted by Crippen LogP contribution is -2.60. The summed E-state index contributed by atoms with van der Waals surface area (Å²) in [5.74, 6) is 1.13. The number of fused-ring (bicyclic) bond motifs is 3. The summed E-state index contributed by atoms with van der Waals surface area (Å²) in [5.41, 5.74) is -0.0512. The Balaban J connectivity index is 1.74. The molecule has 0 aromatic rings. The van der Waals surface area contributed by atoms with Crippen LogP contribution in [0.2, 0.25) is 0 Å². The molecule has 0 aromatic heterocycles. The molecule has 0 spiro atoms. The highest BCUT2D eigenvalue weighted by molar-refractivity contribution is 6.03. The van der Waals surface area contributed by atoms with E-state index in [1.54, 1.807) is 6.26 Å². The summed E-state index contributed by atoms with van der Waals surface area (Å²) in [4.78, 5) is 12.6. The van der Waals surface area contributed by atoms with Crippen molar-refractivity contribution in [3.05, 3.63) is 11.8 Å². The lowest BCUT2D eigenvalue weighted by Gasteiger charge is -2.53. The number of rotatable bonds is 2. The summed E-state index contributed by atoms with van der Waals surface area (Å²) >= 11 is 0. The van der Waals surface area contributed by atoms with E-state index in [4.69, 9.17) is 9.47 Å². The maximum atomic E-state index is 12.6. The number of carbonyl (C=O) groups excluding carboxylic acids is 1. The van der Waals surface area contributed by atoms with Crippen LogP contribution in [0.5, 0.6) is 0 Å². The van der Waals surface area contributed by atoms with Gasteiger partial charge in [0.25, 0.3) is 0 Å². The second-order valence-corrected chi connectivity index (χ2v) is 7.95. The van der Waals surface area contributed by atoms with Gasteiger partial charge in [-0.2, -0.15) is 0 Å². The molecule has 2 bridgehead atoms. The molecule has 2 saturated heterocycles. The normalized spacial score (nSPS) is 44.1. The summed E-state index contributed by atoms with van der Waals surface area (Å²) in [7, 11) is 0. The predicted octanol–water partition coefficient (Wildman–Crippen LogP) is 4.01. The van der Waals surface area contributed by atoms with E-state index in [0.29, 0.717) is 6.10 Å². The molecule has 0 aromatic carbocycles. The van der Waals surface area contributed by atoms with Crippen molar-refractivity contribution in [2.24, 2.45) is 11.8 Å². The Bertz CT molecular complexity index is 457. The van der Waals surface area contributed by atoms with Crippen molar-refractivity contribution in [3.8, 4) is 0 Å². The highest BCUT2D eigenvalue weighted by atomic mass is 16.5. The standard InChI is InChI=1S/C18H28O3/c1-12-5-7-13(8-6-12)20-11-14-15-9-10-18(4,16(14)19)21-17(15,2)3/h11-13,15H,5-10H2,1-4H3/b14-11-. The van der Waals surface area contributed by atoms with E-state index in [1.165, 1.54) is 12.8 Å². The van der Waals surface area contributed by atoms with Gasteiger partial charge in [-0.3, -0.25) is 4.79 Å². The summed E-state index contributed by atoms with van der Waals surface area (Å²) in [6, 6.07) is 0. The van der Waals surface area contributed by atoms with Gasteiger partial charge >= 0.3 is 0 Å². The minimum absolute atomic E-state index is 0.141. The third-order valence-electron chi connectivity index (χ3n) is 5.71. The van der Waals surface area contributed by atoms with Gasteiger partial charge in [0.05, 0.1) is 18.0 Å². The van der Waals surface area contributed by atoms with Crippen molar-refractivity contribution in [2.75, 3.05) is 0 Å². The van der Waals surface area contributed by atoms with E-state index >= 15 is 0 Å². The topological polar surface area (TPSA) is 35.5 Å². The Labute approximate surface area is 128 Å². The average Bonchev–Trinajstić information content (AvgIpc) is 2.40. The quantitative estimate of drug-likeness (QED) is 0.570. The van der Waals surface area contributed by atoms with Crippen LogP contribution in [0.4, 0.5) is 0 Å². The minimum atomic E-state index is -0.644. The van der Waals surface area contributed by atoms with Crippen LogP contribution >= 0.6 is 0 Å². The van der Waals surface area contributed by atoms with Crippen LogP contribution in [-0.2, 0) is 14.3 Å². The van der Waals surface area contributed by atoms with Gasteiger partial charge in [-0.15, -0.1) is 0 Å². The fourth-order valence-corrected chi connectivity index (χ4v) is 4.29. The molecule has 0 radical (unpaired) electrons.